The van der Waals surface area contributed by atoms with Crippen LogP contribution in [0.2, 0.25) is 0 Å². The molecule has 0 bridgehead atoms. The highest BCUT2D eigenvalue weighted by atomic mass is 16.5. The molecule has 1 N–H and O–H groups in total. The van der Waals surface area contributed by atoms with Gasteiger partial charge in [0, 0.05) is 18.8 Å². The third-order valence-electron chi connectivity index (χ3n) is 3.76. The molecule has 3 aromatic rings. The van der Waals surface area contributed by atoms with E-state index in [1.54, 1.807) is 7.11 Å². The number of benzene rings is 1. The van der Waals surface area contributed by atoms with Gasteiger partial charge in [0.1, 0.15) is 17.1 Å². The standard InChI is InChI=1S/C19H21N3O3/c1-24-16-7-9-17(10-8-16)25-12-4-6-19(23)20-13-15-14-22-11-3-2-5-18(22)21-15/h2-3,5,7-11,14H,4,6,12-13H2,1H3,(H,20,23). The zero-order valence-electron chi connectivity index (χ0n) is 14.1. The first kappa shape index (κ1) is 16.8. The van der Waals surface area contributed by atoms with Gasteiger partial charge in [-0.3, -0.25) is 4.79 Å². The van der Waals surface area contributed by atoms with Gasteiger partial charge in [-0.2, -0.15) is 0 Å². The van der Waals surface area contributed by atoms with Gasteiger partial charge in [-0.15, -0.1) is 0 Å². The topological polar surface area (TPSA) is 64.9 Å². The van der Waals surface area contributed by atoms with Crippen LogP contribution >= 0.6 is 0 Å². The Morgan fingerprint density at radius 3 is 2.72 bits per heavy atom. The Labute approximate surface area is 146 Å². The Balaban J connectivity index is 1.36. The van der Waals surface area contributed by atoms with Gasteiger partial charge in [-0.25, -0.2) is 4.98 Å². The van der Waals surface area contributed by atoms with Crippen molar-refractivity contribution in [3.05, 3.63) is 60.6 Å². The molecule has 0 aliphatic carbocycles. The van der Waals surface area contributed by atoms with Gasteiger partial charge in [-0.05, 0) is 42.8 Å². The molecule has 6 nitrogen and oxygen atoms in total. The normalized spacial score (nSPS) is 10.6. The first-order valence-corrected chi connectivity index (χ1v) is 8.21. The van der Waals surface area contributed by atoms with E-state index in [0.717, 1.165) is 22.8 Å². The summed E-state index contributed by atoms with van der Waals surface area (Å²) in [6.45, 7) is 0.925. The Bertz CT molecular complexity index is 794. The Morgan fingerprint density at radius 1 is 1.16 bits per heavy atom. The Kier molecular flexibility index (Phi) is 5.51. The number of aromatic nitrogens is 2. The van der Waals surface area contributed by atoms with E-state index >= 15 is 0 Å². The number of ether oxygens (including phenoxy) is 2. The number of imidazole rings is 1. The van der Waals surface area contributed by atoms with Gasteiger partial charge in [0.15, 0.2) is 0 Å². The number of carbonyl (C=O) groups excluding carboxylic acids is 1. The van der Waals surface area contributed by atoms with Crippen molar-refractivity contribution in [3.8, 4) is 11.5 Å². The molecule has 6 heteroatoms. The number of amides is 1. The highest BCUT2D eigenvalue weighted by Crippen LogP contribution is 2.17. The molecule has 1 aromatic carbocycles. The fourth-order valence-electron chi connectivity index (χ4n) is 2.44. The number of carbonyl (C=O) groups is 1. The van der Waals surface area contributed by atoms with Crippen LogP contribution < -0.4 is 14.8 Å². The van der Waals surface area contributed by atoms with E-state index in [1.807, 2.05) is 59.3 Å². The molecule has 0 radical (unpaired) electrons. The molecule has 1 amide bonds. The van der Waals surface area contributed by atoms with Crippen LogP contribution in [0.4, 0.5) is 0 Å². The second-order valence-electron chi connectivity index (χ2n) is 5.60. The van der Waals surface area contributed by atoms with E-state index in [1.165, 1.54) is 0 Å². The molecule has 3 rings (SSSR count). The lowest BCUT2D eigenvalue weighted by molar-refractivity contribution is -0.121. The average molecular weight is 339 g/mol. The second-order valence-corrected chi connectivity index (χ2v) is 5.60. The molecular weight excluding hydrogens is 318 g/mol. The second kappa shape index (κ2) is 8.19. The molecule has 0 unspecified atom stereocenters. The summed E-state index contributed by atoms with van der Waals surface area (Å²) < 4.78 is 12.6. The third-order valence-corrected chi connectivity index (χ3v) is 3.76. The molecule has 0 aliphatic heterocycles. The van der Waals surface area contributed by atoms with Crippen LogP contribution in [0.1, 0.15) is 18.5 Å². The molecule has 25 heavy (non-hydrogen) atoms. The van der Waals surface area contributed by atoms with Crippen LogP contribution in [0.5, 0.6) is 11.5 Å². The highest BCUT2D eigenvalue weighted by Gasteiger charge is 2.05. The van der Waals surface area contributed by atoms with Crippen LogP contribution in [0.25, 0.3) is 5.65 Å². The maximum Gasteiger partial charge on any atom is 0.220 e. The molecule has 0 atom stereocenters. The van der Waals surface area contributed by atoms with Gasteiger partial charge in [-0.1, -0.05) is 6.07 Å². The SMILES string of the molecule is COc1ccc(OCCCC(=O)NCc2cn3ccccc3n2)cc1. The number of nitrogens with one attached hydrogen (secondary N) is 1. The molecule has 0 saturated carbocycles. The van der Waals surface area contributed by atoms with Gasteiger partial charge >= 0.3 is 0 Å². The lowest BCUT2D eigenvalue weighted by atomic mass is 10.3. The Hall–Kier alpha value is -3.02. The Morgan fingerprint density at radius 2 is 1.96 bits per heavy atom. The maximum atomic E-state index is 11.9. The number of pyridine rings is 1. The van der Waals surface area contributed by atoms with Gasteiger partial charge < -0.3 is 19.2 Å². The van der Waals surface area contributed by atoms with Crippen LogP contribution in [0.3, 0.4) is 0 Å². The fraction of sp³-hybridized carbons (Fsp3) is 0.263. The molecule has 2 aromatic heterocycles. The largest absolute Gasteiger partial charge is 0.497 e. The average Bonchev–Trinajstić information content (AvgIpc) is 3.07. The van der Waals surface area contributed by atoms with E-state index in [2.05, 4.69) is 10.3 Å². The van der Waals surface area contributed by atoms with Crippen molar-refractivity contribution in [1.82, 2.24) is 14.7 Å². The number of fused-ring (bicyclic) bond motifs is 1. The summed E-state index contributed by atoms with van der Waals surface area (Å²) in [6.07, 6.45) is 4.93. The summed E-state index contributed by atoms with van der Waals surface area (Å²) in [6, 6.07) is 13.2. The van der Waals surface area contributed by atoms with Gasteiger partial charge in [0.2, 0.25) is 5.91 Å². The van der Waals surface area contributed by atoms with Crippen molar-refractivity contribution in [1.29, 1.82) is 0 Å². The predicted molar refractivity (Wildman–Crippen MR) is 94.8 cm³/mol. The van der Waals surface area contributed by atoms with Crippen molar-refractivity contribution in [3.63, 3.8) is 0 Å². The third kappa shape index (κ3) is 4.73. The summed E-state index contributed by atoms with van der Waals surface area (Å²) in [7, 11) is 1.63. The van der Waals surface area contributed by atoms with Crippen LogP contribution in [0.15, 0.2) is 54.9 Å². The zero-order chi connectivity index (χ0) is 17.5. The number of methoxy groups -OCH3 is 1. The lowest BCUT2D eigenvalue weighted by Crippen LogP contribution is -2.23. The predicted octanol–water partition coefficient (Wildman–Crippen LogP) is 2.82. The summed E-state index contributed by atoms with van der Waals surface area (Å²) in [5, 5.41) is 2.89. The van der Waals surface area contributed by atoms with Crippen molar-refractivity contribution < 1.29 is 14.3 Å². The van der Waals surface area contributed by atoms with Crippen LogP contribution in [-0.2, 0) is 11.3 Å². The molecule has 2 heterocycles. The minimum atomic E-state index is -0.00427. The first-order chi connectivity index (χ1) is 12.2. The van der Waals surface area contributed by atoms with Crippen molar-refractivity contribution >= 4 is 11.6 Å². The van der Waals surface area contributed by atoms with E-state index in [0.29, 0.717) is 26.0 Å². The summed E-state index contributed by atoms with van der Waals surface area (Å²) in [5.74, 6) is 1.56. The number of rotatable bonds is 8. The van der Waals surface area contributed by atoms with Crippen molar-refractivity contribution in [2.45, 2.75) is 19.4 Å². The maximum absolute atomic E-state index is 11.9. The quantitative estimate of drug-likeness (QED) is 0.641. The molecule has 130 valence electrons. The van der Waals surface area contributed by atoms with E-state index < -0.39 is 0 Å². The number of nitrogens with zero attached hydrogens (tertiary/aromatic N) is 2. The summed E-state index contributed by atoms with van der Waals surface area (Å²) in [4.78, 5) is 16.4. The minimum Gasteiger partial charge on any atom is -0.497 e. The monoisotopic (exact) mass is 339 g/mol. The van der Waals surface area contributed by atoms with E-state index in [-0.39, 0.29) is 5.91 Å². The highest BCUT2D eigenvalue weighted by molar-refractivity contribution is 5.75. The summed E-state index contributed by atoms with van der Waals surface area (Å²) >= 11 is 0. The lowest BCUT2D eigenvalue weighted by Gasteiger charge is -2.07. The van der Waals surface area contributed by atoms with Gasteiger partial charge in [0.25, 0.3) is 0 Å². The van der Waals surface area contributed by atoms with Crippen molar-refractivity contribution in [2.75, 3.05) is 13.7 Å². The van der Waals surface area contributed by atoms with E-state index in [4.69, 9.17) is 9.47 Å². The first-order valence-electron chi connectivity index (χ1n) is 8.21. The van der Waals surface area contributed by atoms with Gasteiger partial charge in [0.05, 0.1) is 26.0 Å². The van der Waals surface area contributed by atoms with Crippen LogP contribution in [-0.4, -0.2) is 29.0 Å². The van der Waals surface area contributed by atoms with E-state index in [9.17, 15) is 4.79 Å². The molecule has 0 fully saturated rings. The number of hydrogen-bond donors (Lipinski definition) is 1. The molecular formula is C19H21N3O3. The number of hydrogen-bond acceptors (Lipinski definition) is 4. The molecule has 0 saturated heterocycles. The summed E-state index contributed by atoms with van der Waals surface area (Å²) in [5.41, 5.74) is 1.72. The zero-order valence-corrected chi connectivity index (χ0v) is 14.1. The smallest absolute Gasteiger partial charge is 0.220 e. The molecule has 0 spiro atoms. The van der Waals surface area contributed by atoms with Crippen LogP contribution in [0, 0.1) is 0 Å². The van der Waals surface area contributed by atoms with Crippen molar-refractivity contribution in [2.24, 2.45) is 0 Å². The minimum absolute atomic E-state index is 0.00427. The molecule has 0 aliphatic rings. The fourth-order valence-corrected chi connectivity index (χ4v) is 2.44.